The Labute approximate surface area is 243 Å². The lowest BCUT2D eigenvalue weighted by Crippen LogP contribution is -2.43. The number of unbranched alkanes of at least 4 members (excludes halogenated alkanes) is 1. The smallest absolute Gasteiger partial charge is 0.408 e. The van der Waals surface area contributed by atoms with E-state index in [0.29, 0.717) is 12.5 Å². The fourth-order valence-corrected chi connectivity index (χ4v) is 5.51. The number of nitrogens with zero attached hydrogens (tertiary/aromatic N) is 1. The first-order chi connectivity index (χ1) is 18.9. The molecular weight excluding hydrogens is 496 g/mol. The van der Waals surface area contributed by atoms with E-state index in [0.717, 1.165) is 23.9 Å². The van der Waals surface area contributed by atoms with Crippen molar-refractivity contribution in [1.29, 1.82) is 0 Å². The zero-order valence-electron chi connectivity index (χ0n) is 26.7. The maximum Gasteiger partial charge on any atom is 0.494 e. The Hall–Kier alpha value is -1.79. The highest BCUT2D eigenvalue weighted by molar-refractivity contribution is 6.63. The molecule has 4 rings (SSSR count). The van der Waals surface area contributed by atoms with Gasteiger partial charge in [0.05, 0.1) is 11.2 Å². The third-order valence-electron chi connectivity index (χ3n) is 9.29. The molecule has 218 valence electrons. The van der Waals surface area contributed by atoms with Crippen LogP contribution in [0, 0.1) is 5.92 Å². The summed E-state index contributed by atoms with van der Waals surface area (Å²) in [5.74, 6) is 0.645. The van der Waals surface area contributed by atoms with Gasteiger partial charge in [0.1, 0.15) is 0 Å². The Balaban J connectivity index is 1.85. The monoisotopic (exact) mass is 547 g/mol. The van der Waals surface area contributed by atoms with E-state index in [4.69, 9.17) is 18.6 Å². The Morgan fingerprint density at radius 2 is 1.55 bits per heavy atom. The van der Waals surface area contributed by atoms with Crippen LogP contribution in [0.4, 0.5) is 0 Å². The zero-order valence-corrected chi connectivity index (χ0v) is 26.7. The third-order valence-corrected chi connectivity index (χ3v) is 9.29. The van der Waals surface area contributed by atoms with Crippen LogP contribution in [-0.2, 0) is 25.2 Å². The van der Waals surface area contributed by atoms with Gasteiger partial charge in [-0.2, -0.15) is 0 Å². The van der Waals surface area contributed by atoms with Crippen LogP contribution >= 0.6 is 0 Å². The minimum Gasteiger partial charge on any atom is -0.408 e. The average Bonchev–Trinajstić information content (AvgIpc) is 3.33. The largest absolute Gasteiger partial charge is 0.494 e. The molecule has 1 unspecified atom stereocenters. The molecule has 0 spiro atoms. The minimum absolute atomic E-state index is 0.277. The predicted octanol–water partition coefficient (Wildman–Crippen LogP) is 7.25. The molecule has 0 radical (unpaired) electrons. The van der Waals surface area contributed by atoms with Gasteiger partial charge in [0.2, 0.25) is 0 Å². The topological polar surface area (TPSA) is 41.9 Å². The lowest BCUT2D eigenvalue weighted by molar-refractivity contribution is 0.00578. The maximum atomic E-state index is 6.49. The Kier molecular flexibility index (Phi) is 9.51. The SMILES string of the molecule is CCCCC(CC)Cn1c2ccc(B(OCC)OC(C)(C)CC)cc2c2cc(B3OC(C)(C)C(C)(C)O3)ccc21. The summed E-state index contributed by atoms with van der Waals surface area (Å²) in [5, 5.41) is 2.44. The van der Waals surface area contributed by atoms with Crippen LogP contribution in [0.15, 0.2) is 36.4 Å². The van der Waals surface area contributed by atoms with Crippen molar-refractivity contribution in [3.8, 4) is 0 Å². The van der Waals surface area contributed by atoms with Gasteiger partial charge in [0, 0.05) is 40.6 Å². The zero-order chi connectivity index (χ0) is 29.3. The highest BCUT2D eigenvalue weighted by atomic mass is 16.7. The highest BCUT2D eigenvalue weighted by Gasteiger charge is 2.51. The second-order valence-electron chi connectivity index (χ2n) is 13.2. The molecule has 0 saturated carbocycles. The molecule has 1 atom stereocenters. The molecule has 1 saturated heterocycles. The molecule has 0 bridgehead atoms. The van der Waals surface area contributed by atoms with Gasteiger partial charge in [-0.15, -0.1) is 0 Å². The van der Waals surface area contributed by atoms with Crippen molar-refractivity contribution in [2.45, 2.75) is 125 Å². The van der Waals surface area contributed by atoms with Crippen molar-refractivity contribution in [1.82, 2.24) is 4.57 Å². The number of aromatic nitrogens is 1. The maximum absolute atomic E-state index is 6.49. The summed E-state index contributed by atoms with van der Waals surface area (Å²) in [4.78, 5) is 0. The number of fused-ring (bicyclic) bond motifs is 3. The molecule has 1 aliphatic rings. The van der Waals surface area contributed by atoms with Crippen molar-refractivity contribution in [2.75, 3.05) is 6.61 Å². The van der Waals surface area contributed by atoms with E-state index in [-0.39, 0.29) is 16.8 Å². The fraction of sp³-hybridized carbons (Fsp3) is 0.636. The van der Waals surface area contributed by atoms with Crippen LogP contribution < -0.4 is 10.9 Å². The van der Waals surface area contributed by atoms with Crippen LogP contribution in [0.25, 0.3) is 21.8 Å². The van der Waals surface area contributed by atoms with Gasteiger partial charge in [-0.05, 0) is 90.3 Å². The first kappa shape index (κ1) is 31.2. The van der Waals surface area contributed by atoms with Crippen LogP contribution in [0.1, 0.15) is 101 Å². The van der Waals surface area contributed by atoms with Gasteiger partial charge in [-0.3, -0.25) is 0 Å². The fourth-order valence-electron chi connectivity index (χ4n) is 5.51. The van der Waals surface area contributed by atoms with E-state index in [1.165, 1.54) is 47.5 Å². The normalized spacial score (nSPS) is 17.7. The van der Waals surface area contributed by atoms with E-state index in [2.05, 4.69) is 103 Å². The predicted molar refractivity (Wildman–Crippen MR) is 171 cm³/mol. The van der Waals surface area contributed by atoms with Gasteiger partial charge in [-0.25, -0.2) is 0 Å². The van der Waals surface area contributed by atoms with Crippen LogP contribution in [0.3, 0.4) is 0 Å². The van der Waals surface area contributed by atoms with E-state index < -0.39 is 14.2 Å². The molecule has 0 amide bonds. The molecule has 5 nitrogen and oxygen atoms in total. The van der Waals surface area contributed by atoms with Crippen molar-refractivity contribution in [3.05, 3.63) is 36.4 Å². The molecule has 0 N–H and O–H groups in total. The average molecular weight is 547 g/mol. The lowest BCUT2D eigenvalue weighted by atomic mass is 9.76. The van der Waals surface area contributed by atoms with E-state index in [9.17, 15) is 0 Å². The molecular formula is C33H51B2NO4. The van der Waals surface area contributed by atoms with Crippen molar-refractivity contribution >= 4 is 47.0 Å². The summed E-state index contributed by atoms with van der Waals surface area (Å²) in [6.45, 7) is 23.1. The summed E-state index contributed by atoms with van der Waals surface area (Å²) in [6.07, 6.45) is 5.85. The van der Waals surface area contributed by atoms with Crippen LogP contribution in [0.2, 0.25) is 0 Å². The number of hydrogen-bond donors (Lipinski definition) is 0. The summed E-state index contributed by atoms with van der Waals surface area (Å²) in [7, 11) is -0.809. The summed E-state index contributed by atoms with van der Waals surface area (Å²) in [5.41, 5.74) is 3.58. The molecule has 1 fully saturated rings. The van der Waals surface area contributed by atoms with Crippen molar-refractivity contribution in [3.63, 3.8) is 0 Å². The molecule has 0 aliphatic carbocycles. The number of rotatable bonds is 13. The minimum atomic E-state index is -0.415. The summed E-state index contributed by atoms with van der Waals surface area (Å²) >= 11 is 0. The van der Waals surface area contributed by atoms with E-state index in [1.54, 1.807) is 0 Å². The molecule has 2 heterocycles. The molecule has 7 heteroatoms. The third kappa shape index (κ3) is 6.33. The van der Waals surface area contributed by atoms with Crippen molar-refractivity contribution < 1.29 is 18.6 Å². The summed E-state index contributed by atoms with van der Waals surface area (Å²) < 4.78 is 28.0. The molecule has 2 aromatic carbocycles. The van der Waals surface area contributed by atoms with E-state index in [1.807, 2.05) is 6.92 Å². The standard InChI is InChI=1S/C33H51B2NO4/c1-11-15-16-24(12-2)23-36-29-19-17-25(34(37-14-4)38-31(5,6)13-3)21-27(29)28-22-26(18-20-30(28)36)35-39-32(7,8)33(9,10)40-35/h17-22,24H,11-16,23H2,1-10H3. The van der Waals surface area contributed by atoms with Gasteiger partial charge in [0.25, 0.3) is 0 Å². The Bertz CT molecular complexity index is 1280. The van der Waals surface area contributed by atoms with Gasteiger partial charge in [0.15, 0.2) is 0 Å². The van der Waals surface area contributed by atoms with Gasteiger partial charge >= 0.3 is 14.2 Å². The lowest BCUT2D eigenvalue weighted by Gasteiger charge is -2.32. The molecule has 1 aliphatic heterocycles. The summed E-state index contributed by atoms with van der Waals surface area (Å²) in [6, 6.07) is 13.5. The highest BCUT2D eigenvalue weighted by Crippen LogP contribution is 2.37. The van der Waals surface area contributed by atoms with Crippen LogP contribution in [0.5, 0.6) is 0 Å². The molecule has 1 aromatic heterocycles. The first-order valence-corrected chi connectivity index (χ1v) is 15.6. The molecule has 40 heavy (non-hydrogen) atoms. The van der Waals surface area contributed by atoms with Crippen molar-refractivity contribution in [2.24, 2.45) is 5.92 Å². The second-order valence-corrected chi connectivity index (χ2v) is 13.2. The second kappa shape index (κ2) is 12.2. The Morgan fingerprint density at radius 1 is 0.925 bits per heavy atom. The molecule has 3 aromatic rings. The van der Waals surface area contributed by atoms with Gasteiger partial charge < -0.3 is 23.2 Å². The van der Waals surface area contributed by atoms with E-state index >= 15 is 0 Å². The Morgan fingerprint density at radius 3 is 2.12 bits per heavy atom. The number of benzene rings is 2. The first-order valence-electron chi connectivity index (χ1n) is 15.6. The quantitative estimate of drug-likeness (QED) is 0.212. The van der Waals surface area contributed by atoms with Gasteiger partial charge in [-0.1, -0.05) is 64.3 Å². The number of hydrogen-bond acceptors (Lipinski definition) is 4. The van der Waals surface area contributed by atoms with Crippen LogP contribution in [-0.4, -0.2) is 42.2 Å².